The molecule has 0 saturated carbocycles. The zero-order valence-electron chi connectivity index (χ0n) is 11.5. The standard InChI is InChI=1S/C12H17Cl2N7/c13-2-5-21(6-3-14)4-1-8-7-17-11-9(18-8)10(15)19-12(16)20-11/h7H,1-6H2,(H4,15,16,17,19,20). The van der Waals surface area contributed by atoms with Crippen molar-refractivity contribution in [1.29, 1.82) is 0 Å². The van der Waals surface area contributed by atoms with Crippen LogP contribution >= 0.6 is 23.2 Å². The minimum absolute atomic E-state index is 0.0949. The van der Waals surface area contributed by atoms with E-state index in [1.165, 1.54) is 0 Å². The zero-order valence-corrected chi connectivity index (χ0v) is 13.0. The summed E-state index contributed by atoms with van der Waals surface area (Å²) in [7, 11) is 0. The van der Waals surface area contributed by atoms with E-state index in [0.717, 1.165) is 31.7 Å². The lowest BCUT2D eigenvalue weighted by Crippen LogP contribution is -2.30. The second-order valence-corrected chi connectivity index (χ2v) is 5.23. The zero-order chi connectivity index (χ0) is 15.2. The highest BCUT2D eigenvalue weighted by atomic mass is 35.5. The summed E-state index contributed by atoms with van der Waals surface area (Å²) >= 11 is 11.5. The number of nitrogens with two attached hydrogens (primary N) is 2. The summed E-state index contributed by atoms with van der Waals surface area (Å²) in [5.74, 6) is 1.48. The molecule has 21 heavy (non-hydrogen) atoms. The second-order valence-electron chi connectivity index (χ2n) is 4.47. The fourth-order valence-electron chi connectivity index (χ4n) is 1.95. The molecule has 9 heteroatoms. The molecule has 114 valence electrons. The summed E-state index contributed by atoms with van der Waals surface area (Å²) in [4.78, 5) is 18.7. The molecule has 0 aliphatic carbocycles. The van der Waals surface area contributed by atoms with Crippen LogP contribution < -0.4 is 11.5 Å². The minimum atomic E-state index is 0.0949. The number of alkyl halides is 2. The first-order chi connectivity index (χ1) is 10.1. The number of nitrogen functional groups attached to an aromatic ring is 2. The van der Waals surface area contributed by atoms with Crippen molar-refractivity contribution >= 4 is 46.1 Å². The molecule has 0 aliphatic heterocycles. The van der Waals surface area contributed by atoms with Crippen LogP contribution in [0.1, 0.15) is 5.69 Å². The summed E-state index contributed by atoms with van der Waals surface area (Å²) in [5.41, 5.74) is 13.0. The molecule has 7 nitrogen and oxygen atoms in total. The van der Waals surface area contributed by atoms with Crippen molar-refractivity contribution in [2.75, 3.05) is 42.9 Å². The molecule has 0 atom stereocenters. The van der Waals surface area contributed by atoms with E-state index < -0.39 is 0 Å². The Morgan fingerprint density at radius 1 is 1.00 bits per heavy atom. The van der Waals surface area contributed by atoms with Crippen LogP contribution in [-0.2, 0) is 6.42 Å². The number of rotatable bonds is 7. The largest absolute Gasteiger partial charge is 0.382 e. The lowest BCUT2D eigenvalue weighted by atomic mass is 10.3. The Labute approximate surface area is 132 Å². The van der Waals surface area contributed by atoms with Crippen LogP contribution in [0, 0.1) is 0 Å². The third-order valence-electron chi connectivity index (χ3n) is 2.99. The molecular weight excluding hydrogens is 313 g/mol. The van der Waals surface area contributed by atoms with E-state index in [0.29, 0.717) is 22.9 Å². The summed E-state index contributed by atoms with van der Waals surface area (Å²) in [5, 5.41) is 0. The van der Waals surface area contributed by atoms with Gasteiger partial charge in [-0.2, -0.15) is 9.97 Å². The smallest absolute Gasteiger partial charge is 0.224 e. The highest BCUT2D eigenvalue weighted by Crippen LogP contribution is 2.14. The number of hydrogen-bond acceptors (Lipinski definition) is 7. The van der Waals surface area contributed by atoms with Gasteiger partial charge in [0, 0.05) is 37.8 Å². The lowest BCUT2D eigenvalue weighted by molar-refractivity contribution is 0.310. The van der Waals surface area contributed by atoms with Crippen molar-refractivity contribution in [3.05, 3.63) is 11.9 Å². The minimum Gasteiger partial charge on any atom is -0.382 e. The first-order valence-corrected chi connectivity index (χ1v) is 7.60. The Balaban J connectivity index is 2.12. The molecule has 2 heterocycles. The molecule has 2 rings (SSSR count). The Hall–Kier alpha value is -1.44. The maximum Gasteiger partial charge on any atom is 0.224 e. The van der Waals surface area contributed by atoms with Gasteiger partial charge < -0.3 is 16.4 Å². The van der Waals surface area contributed by atoms with E-state index in [4.69, 9.17) is 34.7 Å². The third-order valence-corrected chi connectivity index (χ3v) is 3.32. The summed E-state index contributed by atoms with van der Waals surface area (Å²) in [6.07, 6.45) is 2.40. The Morgan fingerprint density at radius 3 is 2.38 bits per heavy atom. The van der Waals surface area contributed by atoms with Crippen LogP contribution in [0.15, 0.2) is 6.20 Å². The number of hydrogen-bond donors (Lipinski definition) is 2. The maximum absolute atomic E-state index is 5.80. The van der Waals surface area contributed by atoms with E-state index in [2.05, 4.69) is 24.8 Å². The fourth-order valence-corrected chi connectivity index (χ4v) is 2.43. The van der Waals surface area contributed by atoms with E-state index in [9.17, 15) is 0 Å². The average Bonchev–Trinajstić information content (AvgIpc) is 2.45. The van der Waals surface area contributed by atoms with Crippen LogP contribution in [0.5, 0.6) is 0 Å². The molecule has 0 bridgehead atoms. The molecule has 0 spiro atoms. The van der Waals surface area contributed by atoms with E-state index in [1.807, 2.05) is 0 Å². The van der Waals surface area contributed by atoms with Crippen LogP contribution in [-0.4, -0.2) is 56.2 Å². The Morgan fingerprint density at radius 2 is 1.71 bits per heavy atom. The monoisotopic (exact) mass is 329 g/mol. The van der Waals surface area contributed by atoms with Gasteiger partial charge in [-0.15, -0.1) is 23.2 Å². The Kier molecular flexibility index (Phi) is 5.72. The van der Waals surface area contributed by atoms with Crippen molar-refractivity contribution in [3.8, 4) is 0 Å². The molecule has 0 saturated heterocycles. The average molecular weight is 330 g/mol. The number of halogens is 2. The van der Waals surface area contributed by atoms with Crippen LogP contribution in [0.25, 0.3) is 11.2 Å². The van der Waals surface area contributed by atoms with Gasteiger partial charge in [0.1, 0.15) is 0 Å². The van der Waals surface area contributed by atoms with Crippen molar-refractivity contribution in [2.45, 2.75) is 6.42 Å². The molecule has 0 fully saturated rings. The summed E-state index contributed by atoms with van der Waals surface area (Å²) in [6, 6.07) is 0. The van der Waals surface area contributed by atoms with Gasteiger partial charge in [-0.25, -0.2) is 9.97 Å². The third kappa shape index (κ3) is 4.26. The molecule has 0 radical (unpaired) electrons. The molecule has 0 amide bonds. The Bertz CT molecular complexity index is 601. The molecule has 4 N–H and O–H groups in total. The molecule has 0 aliphatic rings. The van der Waals surface area contributed by atoms with Gasteiger partial charge in [-0.1, -0.05) is 0 Å². The predicted molar refractivity (Wildman–Crippen MR) is 85.5 cm³/mol. The molecule has 0 unspecified atom stereocenters. The number of nitrogens with zero attached hydrogens (tertiary/aromatic N) is 5. The van der Waals surface area contributed by atoms with Gasteiger partial charge in [0.25, 0.3) is 0 Å². The maximum atomic E-state index is 5.80. The van der Waals surface area contributed by atoms with Gasteiger partial charge in [0.05, 0.1) is 11.9 Å². The quantitative estimate of drug-likeness (QED) is 0.727. The number of aromatic nitrogens is 4. The SMILES string of the molecule is Nc1nc(N)c2nc(CCN(CCCl)CCCl)cnc2n1. The van der Waals surface area contributed by atoms with Crippen LogP contribution in [0.3, 0.4) is 0 Å². The van der Waals surface area contributed by atoms with E-state index >= 15 is 0 Å². The molecule has 0 aromatic carbocycles. The predicted octanol–water partition coefficient (Wildman–Crippen LogP) is 0.906. The van der Waals surface area contributed by atoms with Gasteiger partial charge in [-0.05, 0) is 0 Å². The van der Waals surface area contributed by atoms with Crippen LogP contribution in [0.4, 0.5) is 11.8 Å². The topological polar surface area (TPSA) is 107 Å². The summed E-state index contributed by atoms with van der Waals surface area (Å²) < 4.78 is 0. The number of anilines is 2. The van der Waals surface area contributed by atoms with Crippen molar-refractivity contribution in [2.24, 2.45) is 0 Å². The highest BCUT2D eigenvalue weighted by molar-refractivity contribution is 6.18. The second kappa shape index (κ2) is 7.53. The molecule has 2 aromatic heterocycles. The summed E-state index contributed by atoms with van der Waals surface area (Å²) in [6.45, 7) is 2.38. The number of fused-ring (bicyclic) bond motifs is 1. The fraction of sp³-hybridized carbons (Fsp3) is 0.500. The van der Waals surface area contributed by atoms with Crippen molar-refractivity contribution < 1.29 is 0 Å². The van der Waals surface area contributed by atoms with E-state index in [-0.39, 0.29) is 11.8 Å². The van der Waals surface area contributed by atoms with Gasteiger partial charge >= 0.3 is 0 Å². The van der Waals surface area contributed by atoms with E-state index in [1.54, 1.807) is 6.20 Å². The van der Waals surface area contributed by atoms with Gasteiger partial charge in [0.15, 0.2) is 17.0 Å². The lowest BCUT2D eigenvalue weighted by Gasteiger charge is -2.19. The molecule has 2 aromatic rings. The van der Waals surface area contributed by atoms with Crippen LogP contribution in [0.2, 0.25) is 0 Å². The highest BCUT2D eigenvalue weighted by Gasteiger charge is 2.09. The first-order valence-electron chi connectivity index (χ1n) is 6.53. The molecular formula is C12H17Cl2N7. The van der Waals surface area contributed by atoms with Gasteiger partial charge in [0.2, 0.25) is 5.95 Å². The van der Waals surface area contributed by atoms with Crippen molar-refractivity contribution in [3.63, 3.8) is 0 Å². The van der Waals surface area contributed by atoms with Gasteiger partial charge in [-0.3, -0.25) is 0 Å². The van der Waals surface area contributed by atoms with Crippen molar-refractivity contribution in [1.82, 2.24) is 24.8 Å². The first kappa shape index (κ1) is 15.9. The normalized spacial score (nSPS) is 11.4.